The number of H-pyrrole nitrogens is 2. The second kappa shape index (κ2) is 6.25. The van der Waals surface area contributed by atoms with Gasteiger partial charge in [0.2, 0.25) is 11.8 Å². The van der Waals surface area contributed by atoms with Crippen molar-refractivity contribution in [2.45, 2.75) is 6.42 Å². The van der Waals surface area contributed by atoms with Gasteiger partial charge in [-0.05, 0) is 23.8 Å². The monoisotopic (exact) mass is 349 g/mol. The van der Waals surface area contributed by atoms with Crippen LogP contribution in [0.2, 0.25) is 0 Å². The van der Waals surface area contributed by atoms with Crippen molar-refractivity contribution in [2.24, 2.45) is 0 Å². The van der Waals surface area contributed by atoms with Crippen LogP contribution in [-0.2, 0) is 11.2 Å². The number of carbonyl (C=O) groups excluding carboxylic acids is 1. The molecule has 0 fully saturated rings. The molecule has 4 aromatic rings. The van der Waals surface area contributed by atoms with Gasteiger partial charge in [0.15, 0.2) is 5.82 Å². The first-order chi connectivity index (χ1) is 12.6. The summed E-state index contributed by atoms with van der Waals surface area (Å²) in [5, 5.41) is 20.2. The Bertz CT molecular complexity index is 1140. The Hall–Kier alpha value is -3.81. The Balaban J connectivity index is 1.65. The maximum absolute atomic E-state index is 12.3. The van der Waals surface area contributed by atoms with Crippen LogP contribution in [0.15, 0.2) is 59.5 Å². The summed E-state index contributed by atoms with van der Waals surface area (Å²) in [4.78, 5) is 26.5. The highest BCUT2D eigenvalue weighted by molar-refractivity contribution is 6.00. The van der Waals surface area contributed by atoms with Crippen LogP contribution in [0.5, 0.6) is 5.88 Å². The van der Waals surface area contributed by atoms with E-state index in [1.54, 1.807) is 18.2 Å². The van der Waals surface area contributed by atoms with Gasteiger partial charge in [-0.15, -0.1) is 0 Å². The molecule has 0 bridgehead atoms. The van der Waals surface area contributed by atoms with Crippen molar-refractivity contribution < 1.29 is 9.90 Å². The zero-order valence-electron chi connectivity index (χ0n) is 13.6. The molecule has 130 valence electrons. The fraction of sp³-hybridized carbons (Fsp3) is 0.0556. The number of fused-ring (bicyclic) bond motifs is 1. The molecular formula is C18H15N5O3. The predicted molar refractivity (Wildman–Crippen MR) is 96.5 cm³/mol. The summed E-state index contributed by atoms with van der Waals surface area (Å²) in [5.74, 6) is -0.0324. The van der Waals surface area contributed by atoms with Crippen LogP contribution in [0.3, 0.4) is 0 Å². The normalized spacial score (nSPS) is 10.9. The summed E-state index contributed by atoms with van der Waals surface area (Å²) >= 11 is 0. The molecule has 26 heavy (non-hydrogen) atoms. The highest BCUT2D eigenvalue weighted by Crippen LogP contribution is 2.24. The lowest BCUT2D eigenvalue weighted by atomic mass is 10.1. The molecule has 4 rings (SSSR count). The third kappa shape index (κ3) is 2.84. The lowest BCUT2D eigenvalue weighted by molar-refractivity contribution is -0.115. The minimum Gasteiger partial charge on any atom is -0.493 e. The number of hydrogen-bond donors (Lipinski definition) is 4. The number of aromatic amines is 2. The van der Waals surface area contributed by atoms with E-state index in [2.05, 4.69) is 20.5 Å². The Morgan fingerprint density at radius 3 is 2.73 bits per heavy atom. The Morgan fingerprint density at radius 2 is 2.00 bits per heavy atom. The summed E-state index contributed by atoms with van der Waals surface area (Å²) in [6.07, 6.45) is 1.44. The van der Waals surface area contributed by atoms with Gasteiger partial charge in [-0.1, -0.05) is 30.3 Å². The fourth-order valence-corrected chi connectivity index (χ4v) is 2.80. The van der Waals surface area contributed by atoms with Gasteiger partial charge in [0.25, 0.3) is 0 Å². The molecule has 0 aliphatic rings. The molecule has 2 aromatic carbocycles. The number of aromatic hydroxyl groups is 1. The molecule has 0 radical (unpaired) electrons. The molecule has 0 atom stereocenters. The van der Waals surface area contributed by atoms with E-state index < -0.39 is 5.69 Å². The summed E-state index contributed by atoms with van der Waals surface area (Å²) in [5.41, 5.74) is 1.60. The maximum Gasteiger partial charge on any atom is 0.333 e. The van der Waals surface area contributed by atoms with E-state index in [0.29, 0.717) is 22.4 Å². The molecule has 0 saturated heterocycles. The van der Waals surface area contributed by atoms with Crippen LogP contribution in [-0.4, -0.2) is 30.8 Å². The standard InChI is InChI=1S/C18H15N5O3/c24-15(8-11-4-2-1-3-5-11)20-17-13-9-12(6-7-14(13)21-22-17)23-16(25)10-19-18(23)26/h1-7,9-10,25H,8H2,(H,19,26)(H2,20,21,22,24). The van der Waals surface area contributed by atoms with E-state index >= 15 is 0 Å². The molecule has 0 unspecified atom stereocenters. The van der Waals surface area contributed by atoms with Crippen LogP contribution < -0.4 is 11.0 Å². The van der Waals surface area contributed by atoms with E-state index in [9.17, 15) is 14.7 Å². The maximum atomic E-state index is 12.3. The van der Waals surface area contributed by atoms with Crippen molar-refractivity contribution in [1.29, 1.82) is 0 Å². The molecule has 8 heteroatoms. The highest BCUT2D eigenvalue weighted by Gasteiger charge is 2.13. The second-order valence-corrected chi connectivity index (χ2v) is 5.80. The number of nitrogens with zero attached hydrogens (tertiary/aromatic N) is 2. The molecule has 2 heterocycles. The Morgan fingerprint density at radius 1 is 1.19 bits per heavy atom. The van der Waals surface area contributed by atoms with E-state index in [1.165, 1.54) is 6.20 Å². The van der Waals surface area contributed by atoms with E-state index in [0.717, 1.165) is 10.1 Å². The minimum absolute atomic E-state index is 0.198. The quantitative estimate of drug-likeness (QED) is 0.450. The van der Waals surface area contributed by atoms with Crippen molar-refractivity contribution in [3.05, 3.63) is 70.8 Å². The van der Waals surface area contributed by atoms with Gasteiger partial charge >= 0.3 is 5.69 Å². The third-order valence-corrected chi connectivity index (χ3v) is 4.03. The molecular weight excluding hydrogens is 334 g/mol. The first-order valence-electron chi connectivity index (χ1n) is 7.93. The lowest BCUT2D eigenvalue weighted by Gasteiger charge is -2.05. The van der Waals surface area contributed by atoms with Crippen molar-refractivity contribution in [3.63, 3.8) is 0 Å². The molecule has 0 spiro atoms. The number of imidazole rings is 1. The van der Waals surface area contributed by atoms with E-state index in [-0.39, 0.29) is 18.2 Å². The van der Waals surface area contributed by atoms with Crippen molar-refractivity contribution in [2.75, 3.05) is 5.32 Å². The van der Waals surface area contributed by atoms with Crippen LogP contribution in [0.25, 0.3) is 16.6 Å². The van der Waals surface area contributed by atoms with Gasteiger partial charge in [-0.25, -0.2) is 9.36 Å². The average molecular weight is 349 g/mol. The number of nitrogens with one attached hydrogen (secondary N) is 3. The third-order valence-electron chi connectivity index (χ3n) is 4.03. The van der Waals surface area contributed by atoms with Gasteiger partial charge in [0, 0.05) is 5.39 Å². The highest BCUT2D eigenvalue weighted by atomic mass is 16.3. The average Bonchev–Trinajstić information content (AvgIpc) is 3.18. The first kappa shape index (κ1) is 15.7. The smallest absolute Gasteiger partial charge is 0.333 e. The van der Waals surface area contributed by atoms with Crippen LogP contribution in [0.1, 0.15) is 5.56 Å². The number of rotatable bonds is 4. The summed E-state index contributed by atoms with van der Waals surface area (Å²) < 4.78 is 1.13. The van der Waals surface area contributed by atoms with E-state index in [1.807, 2.05) is 30.3 Å². The van der Waals surface area contributed by atoms with Crippen molar-refractivity contribution >= 4 is 22.6 Å². The lowest BCUT2D eigenvalue weighted by Crippen LogP contribution is -2.15. The zero-order valence-corrected chi connectivity index (χ0v) is 13.6. The second-order valence-electron chi connectivity index (χ2n) is 5.80. The number of anilines is 1. The SMILES string of the molecule is O=C(Cc1ccccc1)Nc1n[nH]c2ccc(-n3c(O)c[nH]c3=O)cc12. The largest absolute Gasteiger partial charge is 0.493 e. The van der Waals surface area contributed by atoms with Crippen LogP contribution >= 0.6 is 0 Å². The number of aromatic nitrogens is 4. The molecule has 0 aliphatic carbocycles. The van der Waals surface area contributed by atoms with Gasteiger partial charge < -0.3 is 15.4 Å². The molecule has 1 amide bonds. The van der Waals surface area contributed by atoms with Gasteiger partial charge in [0.1, 0.15) is 0 Å². The number of carbonyl (C=O) groups is 1. The predicted octanol–water partition coefficient (Wildman–Crippen LogP) is 1.93. The van der Waals surface area contributed by atoms with Gasteiger partial charge in [-0.2, -0.15) is 5.10 Å². The molecule has 2 aromatic heterocycles. The number of amides is 1. The van der Waals surface area contributed by atoms with Crippen molar-refractivity contribution in [1.82, 2.24) is 19.7 Å². The Kier molecular flexibility index (Phi) is 3.77. The number of hydrogen-bond acceptors (Lipinski definition) is 4. The number of benzene rings is 2. The summed E-state index contributed by atoms with van der Waals surface area (Å²) in [6.45, 7) is 0. The topological polar surface area (TPSA) is 116 Å². The van der Waals surface area contributed by atoms with Crippen LogP contribution in [0, 0.1) is 0 Å². The van der Waals surface area contributed by atoms with Crippen molar-refractivity contribution in [3.8, 4) is 11.6 Å². The minimum atomic E-state index is -0.458. The van der Waals surface area contributed by atoms with Gasteiger partial charge in [-0.3, -0.25) is 9.89 Å². The molecule has 0 aliphatic heterocycles. The Labute approximate surface area is 147 Å². The van der Waals surface area contributed by atoms with E-state index in [4.69, 9.17) is 0 Å². The fourth-order valence-electron chi connectivity index (χ4n) is 2.80. The summed E-state index contributed by atoms with van der Waals surface area (Å²) in [6, 6.07) is 14.5. The molecule has 0 saturated carbocycles. The first-order valence-corrected chi connectivity index (χ1v) is 7.93. The van der Waals surface area contributed by atoms with Crippen LogP contribution in [0.4, 0.5) is 5.82 Å². The zero-order chi connectivity index (χ0) is 18.1. The summed E-state index contributed by atoms with van der Waals surface area (Å²) in [7, 11) is 0. The molecule has 8 nitrogen and oxygen atoms in total. The molecule has 4 N–H and O–H groups in total. The van der Waals surface area contributed by atoms with Gasteiger partial charge in [0.05, 0.1) is 23.8 Å².